The molecule has 0 unspecified atom stereocenters. The molecule has 1 spiro atoms. The van der Waals surface area contributed by atoms with Crippen molar-refractivity contribution < 1.29 is 13.2 Å². The van der Waals surface area contributed by atoms with Gasteiger partial charge in [0.25, 0.3) is 0 Å². The van der Waals surface area contributed by atoms with Gasteiger partial charge in [-0.05, 0) is 50.1 Å². The minimum absolute atomic E-state index is 0.436. The molecule has 1 aliphatic heterocycles. The van der Waals surface area contributed by atoms with E-state index in [0.29, 0.717) is 22.5 Å². The zero-order chi connectivity index (χ0) is 18.4. The average molecular weight is 383 g/mol. The number of halogens is 3. The van der Waals surface area contributed by atoms with E-state index in [1.165, 1.54) is 23.9 Å². The third-order valence-corrected chi connectivity index (χ3v) is 5.54. The molecular weight excluding hydrogens is 363 g/mol. The zero-order valence-corrected chi connectivity index (χ0v) is 15.2. The molecule has 2 aliphatic rings. The Morgan fingerprint density at radius 3 is 2.50 bits per heavy atom. The summed E-state index contributed by atoms with van der Waals surface area (Å²) in [5.74, 6) is 0.572. The number of anilines is 2. The topological polar surface area (TPSA) is 54.8 Å². The Balaban J connectivity index is 1.87. The van der Waals surface area contributed by atoms with Gasteiger partial charge in [0.15, 0.2) is 0 Å². The van der Waals surface area contributed by atoms with Gasteiger partial charge >= 0.3 is 6.18 Å². The van der Waals surface area contributed by atoms with Crippen molar-refractivity contribution in [3.05, 3.63) is 23.8 Å². The van der Waals surface area contributed by atoms with Crippen LogP contribution in [0.15, 0.2) is 23.4 Å². The van der Waals surface area contributed by atoms with E-state index < -0.39 is 17.4 Å². The van der Waals surface area contributed by atoms with Crippen LogP contribution in [0.1, 0.15) is 44.1 Å². The van der Waals surface area contributed by atoms with Crippen molar-refractivity contribution in [2.45, 2.75) is 55.5 Å². The summed E-state index contributed by atoms with van der Waals surface area (Å²) < 4.78 is 41.3. The second-order valence-corrected chi connectivity index (χ2v) is 7.58. The van der Waals surface area contributed by atoms with E-state index >= 15 is 0 Å². The fraction of sp³-hybridized carbons (Fsp3) is 0.529. The van der Waals surface area contributed by atoms with E-state index in [1.54, 1.807) is 4.68 Å². The molecule has 2 heterocycles. The number of benzene rings is 1. The molecule has 4 rings (SSSR count). The number of alkyl halides is 3. The molecule has 1 aliphatic carbocycles. The van der Waals surface area contributed by atoms with Crippen molar-refractivity contribution in [2.24, 2.45) is 0 Å². The highest BCUT2D eigenvalue weighted by Gasteiger charge is 2.38. The number of rotatable bonds is 1. The first-order chi connectivity index (χ1) is 12.4. The maximum absolute atomic E-state index is 13.2. The van der Waals surface area contributed by atoms with E-state index in [2.05, 4.69) is 20.7 Å². The number of nitrogens with zero attached hydrogens (tertiary/aromatic N) is 3. The lowest BCUT2D eigenvalue weighted by molar-refractivity contribution is -0.137. The highest BCUT2D eigenvalue weighted by Crippen LogP contribution is 2.40. The summed E-state index contributed by atoms with van der Waals surface area (Å²) in [5.41, 5.74) is -0.159. The monoisotopic (exact) mass is 383 g/mol. The molecule has 1 aromatic heterocycles. The van der Waals surface area contributed by atoms with Crippen LogP contribution in [0.5, 0.6) is 0 Å². The van der Waals surface area contributed by atoms with Gasteiger partial charge in [0.1, 0.15) is 5.66 Å². The molecule has 0 saturated heterocycles. The summed E-state index contributed by atoms with van der Waals surface area (Å²) in [5, 5.41) is 11.9. The Morgan fingerprint density at radius 2 is 1.85 bits per heavy atom. The Kier molecular flexibility index (Phi) is 4.29. The largest absolute Gasteiger partial charge is 0.416 e. The van der Waals surface area contributed by atoms with E-state index in [-0.39, 0.29) is 0 Å². The molecule has 0 amide bonds. The molecule has 1 saturated carbocycles. The predicted molar refractivity (Wildman–Crippen MR) is 95.8 cm³/mol. The van der Waals surface area contributed by atoms with E-state index in [4.69, 9.17) is 0 Å². The maximum Gasteiger partial charge on any atom is 0.416 e. The number of fused-ring (bicyclic) bond motifs is 3. The minimum Gasteiger partial charge on any atom is -0.361 e. The summed E-state index contributed by atoms with van der Waals surface area (Å²) in [4.78, 5) is 4.52. The number of hydrogen-bond donors (Lipinski definition) is 2. The highest BCUT2D eigenvalue weighted by atomic mass is 32.2. The second-order valence-electron chi connectivity index (χ2n) is 6.81. The van der Waals surface area contributed by atoms with Crippen molar-refractivity contribution in [2.75, 3.05) is 16.9 Å². The average Bonchev–Trinajstić information content (AvgIpc) is 2.78. The van der Waals surface area contributed by atoms with E-state index in [1.807, 2.05) is 6.26 Å². The van der Waals surface area contributed by atoms with Crippen LogP contribution in [0.4, 0.5) is 24.8 Å². The van der Waals surface area contributed by atoms with Crippen LogP contribution >= 0.6 is 11.8 Å². The quantitative estimate of drug-likeness (QED) is 0.687. The summed E-state index contributed by atoms with van der Waals surface area (Å²) in [6.45, 7) is 0. The molecule has 1 aromatic carbocycles. The van der Waals surface area contributed by atoms with Crippen molar-refractivity contribution in [1.82, 2.24) is 14.8 Å². The molecule has 140 valence electrons. The predicted octanol–water partition coefficient (Wildman–Crippen LogP) is 4.90. The lowest BCUT2D eigenvalue weighted by Crippen LogP contribution is -2.45. The van der Waals surface area contributed by atoms with Gasteiger partial charge in [-0.1, -0.05) is 24.6 Å². The van der Waals surface area contributed by atoms with Gasteiger partial charge in [0.05, 0.1) is 16.9 Å². The first-order valence-corrected chi connectivity index (χ1v) is 9.92. The summed E-state index contributed by atoms with van der Waals surface area (Å²) in [6, 6.07) is 3.74. The number of thioether (sulfide) groups is 1. The second kappa shape index (κ2) is 6.37. The summed E-state index contributed by atoms with van der Waals surface area (Å²) in [6.07, 6.45) is 3.42. The molecule has 0 radical (unpaired) electrons. The molecule has 9 heteroatoms. The number of nitrogens with one attached hydrogen (secondary N) is 2. The fourth-order valence-electron chi connectivity index (χ4n) is 3.71. The Morgan fingerprint density at radius 1 is 1.12 bits per heavy atom. The fourth-order valence-corrected chi connectivity index (χ4v) is 4.05. The van der Waals surface area contributed by atoms with Crippen molar-refractivity contribution in [3.63, 3.8) is 0 Å². The molecule has 26 heavy (non-hydrogen) atoms. The first-order valence-electron chi connectivity index (χ1n) is 8.69. The Hall–Kier alpha value is -1.90. The van der Waals surface area contributed by atoms with Crippen molar-refractivity contribution in [1.29, 1.82) is 0 Å². The molecule has 2 aromatic rings. The lowest BCUT2D eigenvalue weighted by Gasteiger charge is -2.34. The number of aromatic nitrogens is 3. The van der Waals surface area contributed by atoms with Gasteiger partial charge in [0.2, 0.25) is 11.1 Å². The van der Waals surface area contributed by atoms with Crippen LogP contribution in [0.3, 0.4) is 0 Å². The first kappa shape index (κ1) is 17.5. The van der Waals surface area contributed by atoms with Gasteiger partial charge in [-0.15, -0.1) is 5.10 Å². The SMILES string of the molecule is CSc1nc2n(n1)-c1ccc(C(F)(F)F)cc1NC1(CCCCCC1)N2. The minimum atomic E-state index is -4.39. The smallest absolute Gasteiger partial charge is 0.361 e. The van der Waals surface area contributed by atoms with E-state index in [9.17, 15) is 13.2 Å². The highest BCUT2D eigenvalue weighted by molar-refractivity contribution is 7.98. The van der Waals surface area contributed by atoms with Crippen LogP contribution in [-0.4, -0.2) is 26.7 Å². The normalized spacial score (nSPS) is 18.9. The standard InChI is InChI=1S/C17H20F3N5S/c1-26-15-21-14-23-16(8-4-2-3-5-9-16)22-12-10-11(17(18,19)20)6-7-13(12)25(14)24-15/h6-7,10,22H,2-5,8-9H2,1H3,(H,21,23,24). The third-order valence-electron chi connectivity index (χ3n) is 5.00. The van der Waals surface area contributed by atoms with Crippen LogP contribution in [-0.2, 0) is 6.18 Å². The lowest BCUT2D eigenvalue weighted by atomic mass is 9.99. The molecule has 5 nitrogen and oxygen atoms in total. The van der Waals surface area contributed by atoms with Crippen molar-refractivity contribution >= 4 is 23.4 Å². The van der Waals surface area contributed by atoms with Crippen molar-refractivity contribution in [3.8, 4) is 5.69 Å². The Labute approximate surface area is 153 Å². The summed E-state index contributed by atoms with van der Waals surface area (Å²) >= 11 is 1.41. The van der Waals surface area contributed by atoms with Gasteiger partial charge in [-0.2, -0.15) is 22.8 Å². The third kappa shape index (κ3) is 3.13. The van der Waals surface area contributed by atoms with Gasteiger partial charge in [-0.3, -0.25) is 0 Å². The molecule has 1 fully saturated rings. The van der Waals surface area contributed by atoms with Gasteiger partial charge in [-0.25, -0.2) is 0 Å². The summed E-state index contributed by atoms with van der Waals surface area (Å²) in [7, 11) is 0. The molecule has 0 bridgehead atoms. The van der Waals surface area contributed by atoms with Crippen LogP contribution in [0.25, 0.3) is 5.69 Å². The van der Waals surface area contributed by atoms with Gasteiger partial charge < -0.3 is 10.6 Å². The Bertz CT molecular complexity index is 809. The molecular formula is C17H20F3N5S. The van der Waals surface area contributed by atoms with Gasteiger partial charge in [0, 0.05) is 0 Å². The maximum atomic E-state index is 13.2. The van der Waals surface area contributed by atoms with Crippen LogP contribution < -0.4 is 10.6 Å². The molecule has 0 atom stereocenters. The van der Waals surface area contributed by atoms with Crippen LogP contribution in [0, 0.1) is 0 Å². The molecule has 2 N–H and O–H groups in total. The van der Waals surface area contributed by atoms with E-state index in [0.717, 1.165) is 44.6 Å². The zero-order valence-electron chi connectivity index (χ0n) is 14.4. The number of hydrogen-bond acceptors (Lipinski definition) is 5. The van der Waals surface area contributed by atoms with Crippen LogP contribution in [0.2, 0.25) is 0 Å².